The van der Waals surface area contributed by atoms with E-state index in [0.717, 1.165) is 11.4 Å². The van der Waals surface area contributed by atoms with Crippen LogP contribution < -0.4 is 16.2 Å². The first-order valence-electron chi connectivity index (χ1n) is 4.74. The molecule has 1 aromatic heterocycles. The molecule has 1 unspecified atom stereocenters. The van der Waals surface area contributed by atoms with Crippen LogP contribution in [0, 0.1) is 6.92 Å². The molecule has 0 aliphatic rings. The first-order valence-corrected chi connectivity index (χ1v) is 4.74. The summed E-state index contributed by atoms with van der Waals surface area (Å²) in [5.41, 5.74) is 3.34. The van der Waals surface area contributed by atoms with Crippen molar-refractivity contribution in [3.8, 4) is 0 Å². The number of aliphatic hydroxyl groups is 1. The summed E-state index contributed by atoms with van der Waals surface area (Å²) < 4.78 is 0. The number of aryl methyl sites for hydroxylation is 1. The molecule has 0 aliphatic heterocycles. The number of hydrogen-bond donors (Lipinski definition) is 3. The Kier molecular flexibility index (Phi) is 3.81. The van der Waals surface area contributed by atoms with Crippen LogP contribution in [0.5, 0.6) is 0 Å². The molecule has 0 saturated heterocycles. The van der Waals surface area contributed by atoms with Gasteiger partial charge in [-0.05, 0) is 13.8 Å². The molecule has 0 fully saturated rings. The largest absolute Gasteiger partial charge is 0.394 e. The molecule has 0 aromatic carbocycles. The van der Waals surface area contributed by atoms with E-state index >= 15 is 0 Å². The number of hydrogen-bond acceptors (Lipinski definition) is 6. The molecule has 1 atom stereocenters. The normalized spacial score (nSPS) is 12.3. The van der Waals surface area contributed by atoms with E-state index in [1.165, 1.54) is 0 Å². The minimum Gasteiger partial charge on any atom is -0.394 e. The van der Waals surface area contributed by atoms with E-state index in [2.05, 4.69) is 15.4 Å². The minimum atomic E-state index is 0.00391. The van der Waals surface area contributed by atoms with Crippen molar-refractivity contribution in [2.45, 2.75) is 19.9 Å². The highest BCUT2D eigenvalue weighted by atomic mass is 16.3. The lowest BCUT2D eigenvalue weighted by Gasteiger charge is -2.25. The van der Waals surface area contributed by atoms with Crippen molar-refractivity contribution >= 4 is 11.8 Å². The Hall–Kier alpha value is -1.40. The quantitative estimate of drug-likeness (QED) is 0.475. The van der Waals surface area contributed by atoms with Gasteiger partial charge in [-0.2, -0.15) is 4.98 Å². The summed E-state index contributed by atoms with van der Waals surface area (Å²) in [7, 11) is 1.87. The lowest BCUT2D eigenvalue weighted by Crippen LogP contribution is -2.33. The van der Waals surface area contributed by atoms with E-state index in [1.807, 2.05) is 25.8 Å². The van der Waals surface area contributed by atoms with E-state index in [0.29, 0.717) is 5.95 Å². The number of nitrogens with zero attached hydrogens (tertiary/aromatic N) is 3. The van der Waals surface area contributed by atoms with Crippen LogP contribution in [-0.4, -0.2) is 34.8 Å². The Morgan fingerprint density at radius 2 is 2.33 bits per heavy atom. The predicted octanol–water partition coefficient (Wildman–Crippen LogP) is -0.112. The van der Waals surface area contributed by atoms with Crippen molar-refractivity contribution in [2.24, 2.45) is 5.84 Å². The number of nitrogen functional groups attached to an aromatic ring is 1. The van der Waals surface area contributed by atoms with Gasteiger partial charge >= 0.3 is 0 Å². The molecule has 15 heavy (non-hydrogen) atoms. The molecule has 84 valence electrons. The second-order valence-corrected chi connectivity index (χ2v) is 3.49. The maximum atomic E-state index is 9.06. The summed E-state index contributed by atoms with van der Waals surface area (Å²) in [4.78, 5) is 10.1. The van der Waals surface area contributed by atoms with Crippen molar-refractivity contribution < 1.29 is 5.11 Å². The lowest BCUT2D eigenvalue weighted by molar-refractivity contribution is 0.269. The van der Waals surface area contributed by atoms with Crippen LogP contribution in [0.3, 0.4) is 0 Å². The smallest absolute Gasteiger partial charge is 0.239 e. The Bertz CT molecular complexity index is 330. The summed E-state index contributed by atoms with van der Waals surface area (Å²) in [6.07, 6.45) is 1.69. The molecule has 6 nitrogen and oxygen atoms in total. The average Bonchev–Trinajstić information content (AvgIpc) is 2.27. The predicted molar refractivity (Wildman–Crippen MR) is 59.5 cm³/mol. The van der Waals surface area contributed by atoms with Gasteiger partial charge in [0.2, 0.25) is 5.95 Å². The Balaban J connectivity index is 3.01. The lowest BCUT2D eigenvalue weighted by atomic mass is 10.2. The molecular formula is C9H17N5O. The van der Waals surface area contributed by atoms with Crippen molar-refractivity contribution in [1.29, 1.82) is 0 Å². The fourth-order valence-corrected chi connectivity index (χ4v) is 1.19. The second-order valence-electron chi connectivity index (χ2n) is 3.49. The highest BCUT2D eigenvalue weighted by Gasteiger charge is 2.13. The molecule has 6 heteroatoms. The summed E-state index contributed by atoms with van der Waals surface area (Å²) in [5, 5.41) is 9.06. The number of aliphatic hydroxyl groups excluding tert-OH is 1. The van der Waals surface area contributed by atoms with Crippen LogP contribution in [-0.2, 0) is 0 Å². The van der Waals surface area contributed by atoms with Crippen LogP contribution in [0.15, 0.2) is 6.20 Å². The van der Waals surface area contributed by atoms with E-state index in [4.69, 9.17) is 10.9 Å². The van der Waals surface area contributed by atoms with Gasteiger partial charge < -0.3 is 10.0 Å². The first kappa shape index (κ1) is 11.7. The molecule has 0 spiro atoms. The highest BCUT2D eigenvalue weighted by molar-refractivity contribution is 5.48. The number of likely N-dealkylation sites (N-methyl/N-ethyl adjacent to an activating group) is 1. The minimum absolute atomic E-state index is 0.00391. The topological polar surface area (TPSA) is 87.3 Å². The number of nitrogens with one attached hydrogen (secondary N) is 1. The number of hydrazine groups is 1. The number of anilines is 2. The maximum absolute atomic E-state index is 9.06. The third-order valence-corrected chi connectivity index (χ3v) is 2.33. The Labute approximate surface area is 89.1 Å². The van der Waals surface area contributed by atoms with E-state index < -0.39 is 0 Å². The molecule has 1 rings (SSSR count). The zero-order valence-electron chi connectivity index (χ0n) is 9.23. The fourth-order valence-electron chi connectivity index (χ4n) is 1.19. The van der Waals surface area contributed by atoms with Crippen molar-refractivity contribution in [2.75, 3.05) is 24.0 Å². The van der Waals surface area contributed by atoms with Crippen LogP contribution in [0.25, 0.3) is 0 Å². The highest BCUT2D eigenvalue weighted by Crippen LogP contribution is 2.17. The molecule has 0 bridgehead atoms. The van der Waals surface area contributed by atoms with Crippen LogP contribution >= 0.6 is 0 Å². The van der Waals surface area contributed by atoms with Gasteiger partial charge in [0.1, 0.15) is 5.82 Å². The van der Waals surface area contributed by atoms with Gasteiger partial charge in [-0.3, -0.25) is 5.43 Å². The van der Waals surface area contributed by atoms with Gasteiger partial charge in [-0.1, -0.05) is 0 Å². The number of nitrogens with two attached hydrogens (primary N) is 1. The van der Waals surface area contributed by atoms with Gasteiger partial charge in [0.25, 0.3) is 0 Å². The van der Waals surface area contributed by atoms with Gasteiger partial charge in [0.15, 0.2) is 0 Å². The third kappa shape index (κ3) is 2.54. The summed E-state index contributed by atoms with van der Waals surface area (Å²) in [6.45, 7) is 3.90. The van der Waals surface area contributed by atoms with Crippen LogP contribution in [0.2, 0.25) is 0 Å². The van der Waals surface area contributed by atoms with Crippen molar-refractivity contribution in [3.63, 3.8) is 0 Å². The molecule has 0 radical (unpaired) electrons. The molecule has 0 aliphatic carbocycles. The molecular weight excluding hydrogens is 194 g/mol. The number of aromatic nitrogens is 2. The molecule has 0 saturated carbocycles. The Morgan fingerprint density at radius 3 is 2.87 bits per heavy atom. The van der Waals surface area contributed by atoms with Gasteiger partial charge in [-0.15, -0.1) is 0 Å². The second kappa shape index (κ2) is 4.90. The monoisotopic (exact) mass is 211 g/mol. The summed E-state index contributed by atoms with van der Waals surface area (Å²) in [6, 6.07) is 0.00391. The zero-order chi connectivity index (χ0) is 11.4. The molecule has 4 N–H and O–H groups in total. The third-order valence-electron chi connectivity index (χ3n) is 2.33. The summed E-state index contributed by atoms with van der Waals surface area (Å²) in [5.74, 6) is 6.37. The molecule has 0 amide bonds. The zero-order valence-corrected chi connectivity index (χ0v) is 9.23. The first-order chi connectivity index (χ1) is 7.10. The number of rotatable bonds is 4. The average molecular weight is 211 g/mol. The van der Waals surface area contributed by atoms with Crippen LogP contribution in [0.4, 0.5) is 11.8 Å². The Morgan fingerprint density at radius 1 is 1.67 bits per heavy atom. The van der Waals surface area contributed by atoms with Gasteiger partial charge in [0.05, 0.1) is 12.6 Å². The van der Waals surface area contributed by atoms with E-state index in [1.54, 1.807) is 6.20 Å². The van der Waals surface area contributed by atoms with Crippen molar-refractivity contribution in [3.05, 3.63) is 11.8 Å². The van der Waals surface area contributed by atoms with Crippen LogP contribution in [0.1, 0.15) is 12.5 Å². The van der Waals surface area contributed by atoms with Gasteiger partial charge in [-0.25, -0.2) is 10.8 Å². The van der Waals surface area contributed by atoms with Crippen molar-refractivity contribution in [1.82, 2.24) is 9.97 Å². The maximum Gasteiger partial charge on any atom is 0.239 e. The summed E-state index contributed by atoms with van der Waals surface area (Å²) >= 11 is 0. The molecule has 1 heterocycles. The molecule has 1 aromatic rings. The standard InChI is InChI=1S/C9H17N5O/c1-6-4-11-9(13-10)12-8(6)14(3)7(2)5-15/h4,7,15H,5,10H2,1-3H3,(H,11,12,13). The van der Waals surface area contributed by atoms with E-state index in [-0.39, 0.29) is 12.6 Å². The van der Waals surface area contributed by atoms with E-state index in [9.17, 15) is 0 Å². The SMILES string of the molecule is Cc1cnc(NN)nc1N(C)C(C)CO. The fraction of sp³-hybridized carbons (Fsp3) is 0.556. The van der Waals surface area contributed by atoms with Gasteiger partial charge in [0, 0.05) is 18.8 Å².